The molecule has 21 heavy (non-hydrogen) atoms. The second-order valence-corrected chi connectivity index (χ2v) is 4.97. The summed E-state index contributed by atoms with van der Waals surface area (Å²) in [5.74, 6) is -0.487. The molecule has 1 aromatic heterocycles. The van der Waals surface area contributed by atoms with E-state index in [-0.39, 0.29) is 21.4 Å². The van der Waals surface area contributed by atoms with E-state index < -0.39 is 10.8 Å². The third-order valence-corrected chi connectivity index (χ3v) is 3.41. The van der Waals surface area contributed by atoms with Crippen molar-refractivity contribution in [3.05, 3.63) is 61.9 Å². The van der Waals surface area contributed by atoms with Gasteiger partial charge in [0.25, 0.3) is 11.6 Å². The van der Waals surface area contributed by atoms with Gasteiger partial charge in [-0.1, -0.05) is 29.3 Å². The third-order valence-electron chi connectivity index (χ3n) is 2.72. The minimum atomic E-state index is -0.508. The zero-order valence-corrected chi connectivity index (χ0v) is 12.3. The average Bonchev–Trinajstić information content (AvgIpc) is 2.43. The van der Waals surface area contributed by atoms with Gasteiger partial charge in [0.15, 0.2) is 0 Å². The Balaban J connectivity index is 2.25. The lowest BCUT2D eigenvalue weighted by atomic mass is 10.2. The van der Waals surface area contributed by atoms with Gasteiger partial charge in [-0.2, -0.15) is 0 Å². The van der Waals surface area contributed by atoms with E-state index >= 15 is 0 Å². The maximum absolute atomic E-state index is 12.0. The molecule has 0 radical (unpaired) electrons. The van der Waals surface area contributed by atoms with Crippen LogP contribution in [-0.2, 0) is 0 Å². The van der Waals surface area contributed by atoms with Crippen LogP contribution in [0.15, 0.2) is 30.5 Å². The summed E-state index contributed by atoms with van der Waals surface area (Å²) in [4.78, 5) is 26.1. The fourth-order valence-corrected chi connectivity index (χ4v) is 1.90. The largest absolute Gasteiger partial charge is 0.322 e. The number of carbonyl (C=O) groups excluding carboxylic acids is 1. The summed E-state index contributed by atoms with van der Waals surface area (Å²) < 4.78 is 0. The Hall–Kier alpha value is -2.18. The van der Waals surface area contributed by atoms with Gasteiger partial charge in [0.2, 0.25) is 0 Å². The Morgan fingerprint density at radius 2 is 2.05 bits per heavy atom. The number of halogens is 2. The number of nitrogens with zero attached hydrogens (tertiary/aromatic N) is 2. The summed E-state index contributed by atoms with van der Waals surface area (Å²) >= 11 is 11.5. The first-order valence-electron chi connectivity index (χ1n) is 5.76. The number of anilines is 1. The molecule has 0 fully saturated rings. The van der Waals surface area contributed by atoms with Crippen molar-refractivity contribution in [2.45, 2.75) is 6.92 Å². The molecule has 6 nitrogen and oxygen atoms in total. The van der Waals surface area contributed by atoms with E-state index in [4.69, 9.17) is 23.2 Å². The van der Waals surface area contributed by atoms with Crippen LogP contribution in [0.25, 0.3) is 0 Å². The van der Waals surface area contributed by atoms with Crippen LogP contribution in [0.5, 0.6) is 0 Å². The van der Waals surface area contributed by atoms with Crippen LogP contribution < -0.4 is 5.32 Å². The van der Waals surface area contributed by atoms with Gasteiger partial charge in [0, 0.05) is 23.5 Å². The maximum atomic E-state index is 12.0. The molecule has 0 spiro atoms. The zero-order valence-electron chi connectivity index (χ0n) is 10.8. The van der Waals surface area contributed by atoms with E-state index in [1.807, 2.05) is 0 Å². The quantitative estimate of drug-likeness (QED) is 0.527. The molecule has 0 saturated carbocycles. The second kappa shape index (κ2) is 6.07. The highest BCUT2D eigenvalue weighted by atomic mass is 35.5. The maximum Gasteiger partial charge on any atom is 0.274 e. The van der Waals surface area contributed by atoms with Gasteiger partial charge in [-0.05, 0) is 19.1 Å². The molecule has 108 valence electrons. The molecule has 1 amide bonds. The molecule has 8 heteroatoms. The van der Waals surface area contributed by atoms with E-state index in [1.54, 1.807) is 19.1 Å². The van der Waals surface area contributed by atoms with Gasteiger partial charge in [0.05, 0.1) is 15.5 Å². The Bertz CT molecular complexity index is 735. The fourth-order valence-electron chi connectivity index (χ4n) is 1.63. The van der Waals surface area contributed by atoms with E-state index in [0.29, 0.717) is 11.3 Å². The lowest BCUT2D eigenvalue weighted by molar-refractivity contribution is -0.385. The smallest absolute Gasteiger partial charge is 0.274 e. The van der Waals surface area contributed by atoms with Crippen molar-refractivity contribution >= 4 is 40.5 Å². The molecular formula is C13H9Cl2N3O3. The van der Waals surface area contributed by atoms with Crippen molar-refractivity contribution < 1.29 is 9.72 Å². The highest BCUT2D eigenvalue weighted by Crippen LogP contribution is 2.24. The van der Waals surface area contributed by atoms with Crippen LogP contribution in [0, 0.1) is 17.0 Å². The van der Waals surface area contributed by atoms with Gasteiger partial charge >= 0.3 is 0 Å². The number of carbonyl (C=O) groups is 1. The topological polar surface area (TPSA) is 85.1 Å². The minimum absolute atomic E-state index is 0.0694. The van der Waals surface area contributed by atoms with Crippen LogP contribution in [0.1, 0.15) is 15.9 Å². The zero-order chi connectivity index (χ0) is 15.6. The molecule has 1 N–H and O–H groups in total. The van der Waals surface area contributed by atoms with E-state index in [2.05, 4.69) is 10.3 Å². The van der Waals surface area contributed by atoms with Crippen molar-refractivity contribution in [3.8, 4) is 0 Å². The summed E-state index contributed by atoms with van der Waals surface area (Å²) in [6.07, 6.45) is 1.27. The Morgan fingerprint density at radius 1 is 1.33 bits per heavy atom. The summed E-state index contributed by atoms with van der Waals surface area (Å²) in [5, 5.41) is 13.7. The van der Waals surface area contributed by atoms with Crippen molar-refractivity contribution in [2.24, 2.45) is 0 Å². The predicted octanol–water partition coefficient (Wildman–Crippen LogP) is 3.86. The number of nitro groups is 1. The lowest BCUT2D eigenvalue weighted by Gasteiger charge is -2.06. The number of rotatable bonds is 3. The van der Waals surface area contributed by atoms with Gasteiger partial charge in [-0.25, -0.2) is 4.98 Å². The Kier molecular flexibility index (Phi) is 4.40. The van der Waals surface area contributed by atoms with Crippen LogP contribution in [-0.4, -0.2) is 15.8 Å². The first-order valence-corrected chi connectivity index (χ1v) is 6.51. The average molecular weight is 326 g/mol. The van der Waals surface area contributed by atoms with E-state index in [1.165, 1.54) is 18.3 Å². The highest BCUT2D eigenvalue weighted by Gasteiger charge is 2.14. The molecule has 0 aliphatic heterocycles. The van der Waals surface area contributed by atoms with E-state index in [0.717, 1.165) is 0 Å². The SMILES string of the molecule is Cc1ccc(NC(=O)c2cnc(Cl)c(Cl)c2)cc1[N+](=O)[O-]. The van der Waals surface area contributed by atoms with Crippen LogP contribution in [0.4, 0.5) is 11.4 Å². The number of aryl methyl sites for hydroxylation is 1. The van der Waals surface area contributed by atoms with Gasteiger partial charge < -0.3 is 5.32 Å². The molecule has 0 saturated heterocycles. The predicted molar refractivity (Wildman–Crippen MR) is 80.0 cm³/mol. The fraction of sp³-hybridized carbons (Fsp3) is 0.0769. The van der Waals surface area contributed by atoms with Gasteiger partial charge in [0.1, 0.15) is 5.15 Å². The molecular weight excluding hydrogens is 317 g/mol. The number of pyridine rings is 1. The van der Waals surface area contributed by atoms with Gasteiger partial charge in [-0.3, -0.25) is 14.9 Å². The number of benzene rings is 1. The number of nitrogens with one attached hydrogen (secondary N) is 1. The molecule has 0 bridgehead atoms. The van der Waals surface area contributed by atoms with Crippen LogP contribution >= 0.6 is 23.2 Å². The monoisotopic (exact) mass is 325 g/mol. The molecule has 2 rings (SSSR count). The normalized spacial score (nSPS) is 10.2. The van der Waals surface area contributed by atoms with Crippen LogP contribution in [0.3, 0.4) is 0 Å². The molecule has 0 atom stereocenters. The van der Waals surface area contributed by atoms with Crippen molar-refractivity contribution in [2.75, 3.05) is 5.32 Å². The molecule has 1 aromatic carbocycles. The van der Waals surface area contributed by atoms with Crippen molar-refractivity contribution in [1.29, 1.82) is 0 Å². The molecule has 0 unspecified atom stereocenters. The highest BCUT2D eigenvalue weighted by molar-refractivity contribution is 6.41. The lowest BCUT2D eigenvalue weighted by Crippen LogP contribution is -2.12. The second-order valence-electron chi connectivity index (χ2n) is 4.21. The van der Waals surface area contributed by atoms with Crippen molar-refractivity contribution in [1.82, 2.24) is 4.98 Å². The summed E-state index contributed by atoms with van der Waals surface area (Å²) in [6, 6.07) is 5.79. The van der Waals surface area contributed by atoms with E-state index in [9.17, 15) is 14.9 Å². The van der Waals surface area contributed by atoms with Crippen molar-refractivity contribution in [3.63, 3.8) is 0 Å². The molecule has 1 heterocycles. The molecule has 0 aliphatic carbocycles. The standard InChI is InChI=1S/C13H9Cl2N3O3/c1-7-2-3-9(5-11(7)18(20)21)17-13(19)8-4-10(14)12(15)16-6-8/h2-6H,1H3,(H,17,19). The molecule has 0 aliphatic rings. The Morgan fingerprint density at radius 3 is 2.67 bits per heavy atom. The number of hydrogen-bond donors (Lipinski definition) is 1. The van der Waals surface area contributed by atoms with Gasteiger partial charge in [-0.15, -0.1) is 0 Å². The Labute approximate surface area is 129 Å². The third kappa shape index (κ3) is 3.48. The first kappa shape index (κ1) is 15.2. The summed E-state index contributed by atoms with van der Waals surface area (Å²) in [7, 11) is 0. The number of aromatic nitrogens is 1. The minimum Gasteiger partial charge on any atom is -0.322 e. The number of amides is 1. The first-order chi connectivity index (χ1) is 9.88. The van der Waals surface area contributed by atoms with Crippen LogP contribution in [0.2, 0.25) is 10.2 Å². The number of nitro benzene ring substituents is 1. The summed E-state index contributed by atoms with van der Waals surface area (Å²) in [5.41, 5.74) is 0.949. The molecule has 2 aromatic rings. The summed E-state index contributed by atoms with van der Waals surface area (Å²) in [6.45, 7) is 1.62. The number of hydrogen-bond acceptors (Lipinski definition) is 4.